The molecule has 0 saturated carbocycles. The number of nitrogens with zero attached hydrogens (tertiary/aromatic N) is 3. The molecule has 1 aliphatic rings. The largest absolute Gasteiger partial charge is 0.244 e. The zero-order chi connectivity index (χ0) is 9.80. The van der Waals surface area contributed by atoms with Gasteiger partial charge in [-0.25, -0.2) is 15.0 Å². The summed E-state index contributed by atoms with van der Waals surface area (Å²) >= 11 is 0. The van der Waals surface area contributed by atoms with E-state index in [1.807, 2.05) is 12.4 Å². The van der Waals surface area contributed by atoms with Crippen LogP contribution in [0.1, 0.15) is 26.2 Å². The van der Waals surface area contributed by atoms with E-state index in [0.717, 1.165) is 23.5 Å². The van der Waals surface area contributed by atoms with Crippen molar-refractivity contribution < 1.29 is 0 Å². The number of hydrogen-bond acceptors (Lipinski definition) is 3. The fourth-order valence-electron chi connectivity index (χ4n) is 1.54. The van der Waals surface area contributed by atoms with Gasteiger partial charge in [-0.15, -0.1) is 0 Å². The molecule has 1 aromatic rings. The summed E-state index contributed by atoms with van der Waals surface area (Å²) in [6.45, 7) is 2.13. The van der Waals surface area contributed by atoms with Crippen LogP contribution in [-0.2, 0) is 0 Å². The predicted octanol–water partition coefficient (Wildman–Crippen LogP) is 0.964. The van der Waals surface area contributed by atoms with Gasteiger partial charge in [0.1, 0.15) is 6.33 Å². The van der Waals surface area contributed by atoms with Gasteiger partial charge >= 0.3 is 0 Å². The first-order chi connectivity index (χ1) is 6.88. The minimum atomic E-state index is 0.788. The average molecular weight is 187 g/mol. The molecule has 0 fully saturated rings. The van der Waals surface area contributed by atoms with Crippen molar-refractivity contribution >= 4 is 5.57 Å². The summed E-state index contributed by atoms with van der Waals surface area (Å²) in [6, 6.07) is 0. The van der Waals surface area contributed by atoms with Crippen molar-refractivity contribution in [2.75, 3.05) is 0 Å². The Labute approximate surface area is 82.9 Å². The van der Waals surface area contributed by atoms with Gasteiger partial charge in [0, 0.05) is 17.6 Å². The Morgan fingerprint density at radius 1 is 1.36 bits per heavy atom. The van der Waals surface area contributed by atoms with Crippen LogP contribution in [0.4, 0.5) is 0 Å². The van der Waals surface area contributed by atoms with Crippen LogP contribution in [0.25, 0.3) is 5.57 Å². The molecule has 72 valence electrons. The molecule has 0 aromatic carbocycles. The quantitative estimate of drug-likeness (QED) is 0.607. The highest BCUT2D eigenvalue weighted by Crippen LogP contribution is 2.06. The minimum Gasteiger partial charge on any atom is -0.244 e. The second-order valence-electron chi connectivity index (χ2n) is 3.45. The first-order valence-electron chi connectivity index (χ1n) is 4.86. The SMILES string of the molecule is C\C1=c2/cncn/c2=N/C=C\CCC1. The Hall–Kier alpha value is -1.51. The highest BCUT2D eigenvalue weighted by Gasteiger charge is 1.96. The molecule has 0 unspecified atom stereocenters. The third-order valence-corrected chi connectivity index (χ3v) is 2.38. The van der Waals surface area contributed by atoms with Gasteiger partial charge < -0.3 is 0 Å². The number of fused-ring (bicyclic) bond motifs is 1. The van der Waals surface area contributed by atoms with Gasteiger partial charge in [0.15, 0.2) is 5.49 Å². The highest BCUT2D eigenvalue weighted by molar-refractivity contribution is 5.39. The molecule has 0 aliphatic carbocycles. The van der Waals surface area contributed by atoms with Crippen molar-refractivity contribution in [3.05, 3.63) is 35.5 Å². The Morgan fingerprint density at radius 3 is 3.21 bits per heavy atom. The number of aromatic nitrogens is 2. The van der Waals surface area contributed by atoms with Gasteiger partial charge in [0.2, 0.25) is 0 Å². The fourth-order valence-corrected chi connectivity index (χ4v) is 1.54. The van der Waals surface area contributed by atoms with E-state index in [-0.39, 0.29) is 0 Å². The maximum absolute atomic E-state index is 4.30. The average Bonchev–Trinajstić information content (AvgIpc) is 2.30. The zero-order valence-corrected chi connectivity index (χ0v) is 8.27. The van der Waals surface area contributed by atoms with E-state index in [1.165, 1.54) is 12.0 Å². The molecule has 0 radical (unpaired) electrons. The lowest BCUT2D eigenvalue weighted by molar-refractivity contribution is 0.871. The summed E-state index contributed by atoms with van der Waals surface area (Å²) in [7, 11) is 0. The van der Waals surface area contributed by atoms with Crippen molar-refractivity contribution in [2.24, 2.45) is 4.99 Å². The molecule has 0 N–H and O–H groups in total. The number of hydrogen-bond donors (Lipinski definition) is 0. The van der Waals surface area contributed by atoms with Crippen LogP contribution in [0.15, 0.2) is 29.8 Å². The first kappa shape index (κ1) is 9.06. The number of allylic oxidation sites excluding steroid dienone is 1. The third kappa shape index (κ3) is 1.87. The van der Waals surface area contributed by atoms with Crippen LogP contribution >= 0.6 is 0 Å². The molecule has 0 amide bonds. The van der Waals surface area contributed by atoms with E-state index in [0.29, 0.717) is 0 Å². The molecule has 1 aromatic heterocycles. The van der Waals surface area contributed by atoms with E-state index < -0.39 is 0 Å². The van der Waals surface area contributed by atoms with Crippen LogP contribution in [0.5, 0.6) is 0 Å². The van der Waals surface area contributed by atoms with E-state index in [1.54, 1.807) is 6.33 Å². The standard InChI is InChI=1S/C11H13N3/c1-9-5-3-2-4-6-13-11-10(9)7-12-8-14-11/h4,6-8H,2-3,5H2,1H3/b6-4-,10-9-,13-11+. The summed E-state index contributed by atoms with van der Waals surface area (Å²) in [5, 5.41) is 1.08. The fraction of sp³-hybridized carbons (Fsp3) is 0.364. The minimum absolute atomic E-state index is 0.788. The van der Waals surface area contributed by atoms with E-state index in [2.05, 4.69) is 28.0 Å². The van der Waals surface area contributed by atoms with Crippen LogP contribution in [0.3, 0.4) is 0 Å². The number of rotatable bonds is 0. The smallest absolute Gasteiger partial charge is 0.162 e. The second-order valence-corrected chi connectivity index (χ2v) is 3.45. The third-order valence-electron chi connectivity index (χ3n) is 2.38. The van der Waals surface area contributed by atoms with Crippen molar-refractivity contribution in [1.82, 2.24) is 9.97 Å². The Kier molecular flexibility index (Phi) is 2.68. The van der Waals surface area contributed by atoms with Crippen LogP contribution in [0.2, 0.25) is 0 Å². The second kappa shape index (κ2) is 4.13. The van der Waals surface area contributed by atoms with Gasteiger partial charge in [-0.3, -0.25) is 0 Å². The van der Waals surface area contributed by atoms with Crippen LogP contribution < -0.4 is 10.7 Å². The van der Waals surface area contributed by atoms with Gasteiger partial charge in [0.25, 0.3) is 0 Å². The van der Waals surface area contributed by atoms with Crippen LogP contribution in [-0.4, -0.2) is 9.97 Å². The van der Waals surface area contributed by atoms with Crippen molar-refractivity contribution in [1.29, 1.82) is 0 Å². The van der Waals surface area contributed by atoms with E-state index >= 15 is 0 Å². The van der Waals surface area contributed by atoms with Crippen molar-refractivity contribution in [2.45, 2.75) is 26.2 Å². The molecule has 2 rings (SSSR count). The normalized spacial score (nSPS) is 24.8. The Balaban J connectivity index is 2.71. The lowest BCUT2D eigenvalue weighted by Crippen LogP contribution is -2.30. The summed E-state index contributed by atoms with van der Waals surface area (Å²) in [4.78, 5) is 12.5. The molecule has 3 heteroatoms. The predicted molar refractivity (Wildman–Crippen MR) is 54.9 cm³/mol. The lowest BCUT2D eigenvalue weighted by Gasteiger charge is -1.97. The summed E-state index contributed by atoms with van der Waals surface area (Å²) < 4.78 is 0. The molecule has 0 saturated heterocycles. The summed E-state index contributed by atoms with van der Waals surface area (Å²) in [6.07, 6.45) is 10.7. The summed E-state index contributed by atoms with van der Waals surface area (Å²) in [5.74, 6) is 0. The molecular weight excluding hydrogens is 174 g/mol. The molecule has 1 aliphatic heterocycles. The molecule has 3 nitrogen and oxygen atoms in total. The van der Waals surface area contributed by atoms with Gasteiger partial charge in [-0.1, -0.05) is 11.6 Å². The zero-order valence-electron chi connectivity index (χ0n) is 8.27. The highest BCUT2D eigenvalue weighted by atomic mass is 14.9. The Morgan fingerprint density at radius 2 is 2.29 bits per heavy atom. The monoisotopic (exact) mass is 187 g/mol. The summed E-state index contributed by atoms with van der Waals surface area (Å²) in [5.41, 5.74) is 2.11. The Bertz CT molecular complexity index is 460. The molecule has 14 heavy (non-hydrogen) atoms. The lowest BCUT2D eigenvalue weighted by atomic mass is 10.1. The van der Waals surface area contributed by atoms with Gasteiger partial charge in [-0.05, 0) is 26.2 Å². The van der Waals surface area contributed by atoms with Gasteiger partial charge in [0.05, 0.1) is 0 Å². The van der Waals surface area contributed by atoms with Crippen molar-refractivity contribution in [3.8, 4) is 0 Å². The van der Waals surface area contributed by atoms with Gasteiger partial charge in [-0.2, -0.15) is 0 Å². The molecule has 2 heterocycles. The van der Waals surface area contributed by atoms with Crippen molar-refractivity contribution in [3.63, 3.8) is 0 Å². The molecular formula is C11H13N3. The molecule has 0 spiro atoms. The topological polar surface area (TPSA) is 38.1 Å². The molecule has 0 atom stereocenters. The maximum atomic E-state index is 4.30. The van der Waals surface area contributed by atoms with E-state index in [4.69, 9.17) is 0 Å². The first-order valence-corrected chi connectivity index (χ1v) is 4.86. The molecule has 0 bridgehead atoms. The van der Waals surface area contributed by atoms with Crippen LogP contribution in [0, 0.1) is 0 Å². The maximum Gasteiger partial charge on any atom is 0.162 e. The van der Waals surface area contributed by atoms with E-state index in [9.17, 15) is 0 Å².